The lowest BCUT2D eigenvalue weighted by atomic mass is 10.1. The summed E-state index contributed by atoms with van der Waals surface area (Å²) < 4.78 is 1.86. The van der Waals surface area contributed by atoms with E-state index >= 15 is 0 Å². The Kier molecular flexibility index (Phi) is 3.97. The number of pyridine rings is 1. The molecule has 0 unspecified atom stereocenters. The minimum absolute atomic E-state index is 0.0118. The molecular formula is C17H10ClN5. The summed E-state index contributed by atoms with van der Waals surface area (Å²) in [6.07, 6.45) is 5.07. The molecule has 0 amide bonds. The van der Waals surface area contributed by atoms with Crippen LogP contribution in [0.25, 0.3) is 16.9 Å². The van der Waals surface area contributed by atoms with Crippen molar-refractivity contribution in [3.8, 4) is 23.4 Å². The Bertz CT molecular complexity index is 972. The van der Waals surface area contributed by atoms with Gasteiger partial charge in [0.05, 0.1) is 10.7 Å². The number of anilines is 1. The van der Waals surface area contributed by atoms with Crippen molar-refractivity contribution in [3.05, 3.63) is 65.6 Å². The highest BCUT2D eigenvalue weighted by Gasteiger charge is 2.05. The molecule has 1 aromatic carbocycles. The summed E-state index contributed by atoms with van der Waals surface area (Å²) in [5.74, 6) is 0. The molecule has 2 heterocycles. The molecule has 110 valence electrons. The molecule has 0 aliphatic carbocycles. The van der Waals surface area contributed by atoms with E-state index in [4.69, 9.17) is 22.1 Å². The van der Waals surface area contributed by atoms with Crippen LogP contribution in [0.15, 0.2) is 60.6 Å². The molecule has 0 fully saturated rings. The minimum Gasteiger partial charge on any atom is -0.360 e. The Hall–Kier alpha value is -3.28. The smallest absolute Gasteiger partial charge is 0.145 e. The second-order valence-corrected chi connectivity index (χ2v) is 5.18. The van der Waals surface area contributed by atoms with Gasteiger partial charge in [-0.1, -0.05) is 23.7 Å². The lowest BCUT2D eigenvalue weighted by Crippen LogP contribution is -1.90. The number of fused-ring (bicyclic) bond motifs is 1. The van der Waals surface area contributed by atoms with Gasteiger partial charge in [0, 0.05) is 29.8 Å². The SMILES string of the molecule is N#CC(C#N)=CNc1cccc(-c2cn3cc(Cl)ccc3n2)c1. The van der Waals surface area contributed by atoms with Crippen LogP contribution in [0.4, 0.5) is 5.69 Å². The van der Waals surface area contributed by atoms with Gasteiger partial charge in [-0.2, -0.15) is 10.5 Å². The molecule has 0 radical (unpaired) electrons. The highest BCUT2D eigenvalue weighted by atomic mass is 35.5. The van der Waals surface area contributed by atoms with Gasteiger partial charge in [0.2, 0.25) is 0 Å². The highest BCUT2D eigenvalue weighted by molar-refractivity contribution is 6.30. The number of aromatic nitrogens is 2. The van der Waals surface area contributed by atoms with Gasteiger partial charge in [0.1, 0.15) is 23.4 Å². The molecule has 1 N–H and O–H groups in total. The standard InChI is InChI=1S/C17H10ClN5/c18-14-4-5-17-22-16(11-23(17)10-14)13-2-1-3-15(6-13)21-9-12(7-19)8-20/h1-6,9-11,21H. The fraction of sp³-hybridized carbons (Fsp3) is 0. The fourth-order valence-electron chi connectivity index (χ4n) is 2.12. The van der Waals surface area contributed by atoms with E-state index in [1.807, 2.05) is 40.9 Å². The molecule has 0 saturated heterocycles. The third-order valence-corrected chi connectivity index (χ3v) is 3.42. The van der Waals surface area contributed by atoms with Crippen molar-refractivity contribution >= 4 is 22.9 Å². The number of hydrogen-bond donors (Lipinski definition) is 1. The van der Waals surface area contributed by atoms with Crippen LogP contribution in [0.2, 0.25) is 5.02 Å². The quantitative estimate of drug-likeness (QED) is 0.740. The number of nitrogens with one attached hydrogen (secondary N) is 1. The number of benzene rings is 1. The van der Waals surface area contributed by atoms with Crippen LogP contribution < -0.4 is 5.32 Å². The average molecular weight is 320 g/mol. The first-order valence-electron chi connectivity index (χ1n) is 6.71. The van der Waals surface area contributed by atoms with Gasteiger partial charge in [-0.25, -0.2) is 4.98 Å². The Balaban J connectivity index is 1.94. The molecule has 0 atom stereocenters. The molecule has 0 saturated carbocycles. The number of imidazole rings is 1. The van der Waals surface area contributed by atoms with Crippen LogP contribution >= 0.6 is 11.6 Å². The maximum Gasteiger partial charge on any atom is 0.145 e. The summed E-state index contributed by atoms with van der Waals surface area (Å²) >= 11 is 5.98. The van der Waals surface area contributed by atoms with Gasteiger partial charge in [-0.15, -0.1) is 0 Å². The Morgan fingerprint density at radius 1 is 1.17 bits per heavy atom. The van der Waals surface area contributed by atoms with Gasteiger partial charge >= 0.3 is 0 Å². The Morgan fingerprint density at radius 3 is 2.78 bits per heavy atom. The third kappa shape index (κ3) is 3.16. The molecule has 0 aliphatic heterocycles. The van der Waals surface area contributed by atoms with E-state index in [0.29, 0.717) is 5.02 Å². The number of allylic oxidation sites excluding steroid dienone is 1. The Labute approximate surface area is 137 Å². The van der Waals surface area contributed by atoms with Crippen molar-refractivity contribution in [2.45, 2.75) is 0 Å². The van der Waals surface area contributed by atoms with Crippen molar-refractivity contribution in [3.63, 3.8) is 0 Å². The highest BCUT2D eigenvalue weighted by Crippen LogP contribution is 2.23. The van der Waals surface area contributed by atoms with Crippen molar-refractivity contribution < 1.29 is 0 Å². The van der Waals surface area contributed by atoms with E-state index < -0.39 is 0 Å². The Morgan fingerprint density at radius 2 is 2.00 bits per heavy atom. The first kappa shape index (κ1) is 14.6. The molecule has 2 aromatic heterocycles. The number of hydrogen-bond acceptors (Lipinski definition) is 4. The molecule has 23 heavy (non-hydrogen) atoms. The number of nitriles is 2. The lowest BCUT2D eigenvalue weighted by Gasteiger charge is -2.02. The second kappa shape index (κ2) is 6.23. The van der Waals surface area contributed by atoms with Crippen molar-refractivity contribution in [2.75, 3.05) is 5.32 Å². The first-order valence-corrected chi connectivity index (χ1v) is 7.09. The van der Waals surface area contributed by atoms with E-state index in [1.165, 1.54) is 6.20 Å². The van der Waals surface area contributed by atoms with Crippen molar-refractivity contribution in [1.29, 1.82) is 10.5 Å². The van der Waals surface area contributed by atoms with Gasteiger partial charge in [-0.05, 0) is 24.3 Å². The van der Waals surface area contributed by atoms with Crippen LogP contribution in [0.5, 0.6) is 0 Å². The van der Waals surface area contributed by atoms with Crippen LogP contribution in [0.3, 0.4) is 0 Å². The predicted molar refractivity (Wildman–Crippen MR) is 88.6 cm³/mol. The van der Waals surface area contributed by atoms with E-state index in [9.17, 15) is 0 Å². The molecule has 3 aromatic rings. The van der Waals surface area contributed by atoms with E-state index in [2.05, 4.69) is 10.3 Å². The largest absolute Gasteiger partial charge is 0.360 e. The normalized spacial score (nSPS) is 9.87. The molecule has 0 aliphatic rings. The zero-order valence-electron chi connectivity index (χ0n) is 11.9. The van der Waals surface area contributed by atoms with E-state index in [-0.39, 0.29) is 5.57 Å². The van der Waals surface area contributed by atoms with Crippen LogP contribution in [-0.2, 0) is 0 Å². The minimum atomic E-state index is 0.0118. The zero-order chi connectivity index (χ0) is 16.2. The lowest BCUT2D eigenvalue weighted by molar-refractivity contribution is 1.19. The van der Waals surface area contributed by atoms with Crippen molar-refractivity contribution in [2.24, 2.45) is 0 Å². The zero-order valence-corrected chi connectivity index (χ0v) is 12.6. The number of halogens is 1. The van der Waals surface area contributed by atoms with Crippen LogP contribution in [-0.4, -0.2) is 9.38 Å². The molecule has 6 heteroatoms. The van der Waals surface area contributed by atoms with E-state index in [1.54, 1.807) is 24.4 Å². The maximum absolute atomic E-state index is 8.74. The summed E-state index contributed by atoms with van der Waals surface area (Å²) in [5.41, 5.74) is 3.30. The summed E-state index contributed by atoms with van der Waals surface area (Å²) in [6.45, 7) is 0. The second-order valence-electron chi connectivity index (χ2n) is 4.75. The molecule has 0 spiro atoms. The first-order chi connectivity index (χ1) is 11.2. The number of rotatable bonds is 3. The summed E-state index contributed by atoms with van der Waals surface area (Å²) in [6, 6.07) is 14.8. The summed E-state index contributed by atoms with van der Waals surface area (Å²) in [4.78, 5) is 4.55. The molecular weight excluding hydrogens is 310 g/mol. The topological polar surface area (TPSA) is 76.9 Å². The molecule has 5 nitrogen and oxygen atoms in total. The summed E-state index contributed by atoms with van der Waals surface area (Å²) in [5, 5.41) is 21.0. The average Bonchev–Trinajstić information content (AvgIpc) is 2.99. The predicted octanol–water partition coefficient (Wildman–Crippen LogP) is 4.00. The fourth-order valence-corrected chi connectivity index (χ4v) is 2.29. The third-order valence-electron chi connectivity index (χ3n) is 3.20. The molecule has 3 rings (SSSR count). The van der Waals surface area contributed by atoms with E-state index in [0.717, 1.165) is 22.6 Å². The monoisotopic (exact) mass is 319 g/mol. The van der Waals surface area contributed by atoms with Gasteiger partial charge in [0.15, 0.2) is 0 Å². The summed E-state index contributed by atoms with van der Waals surface area (Å²) in [7, 11) is 0. The maximum atomic E-state index is 8.74. The van der Waals surface area contributed by atoms with Crippen molar-refractivity contribution in [1.82, 2.24) is 9.38 Å². The van der Waals surface area contributed by atoms with Gasteiger partial charge in [0.25, 0.3) is 0 Å². The molecule has 0 bridgehead atoms. The van der Waals surface area contributed by atoms with Crippen LogP contribution in [0.1, 0.15) is 0 Å². The van der Waals surface area contributed by atoms with Gasteiger partial charge < -0.3 is 9.72 Å². The number of nitrogens with zero attached hydrogens (tertiary/aromatic N) is 4. The van der Waals surface area contributed by atoms with Gasteiger partial charge in [-0.3, -0.25) is 0 Å². The van der Waals surface area contributed by atoms with Crippen LogP contribution in [0, 0.1) is 22.7 Å².